The average molecular weight is 205 g/mol. The fraction of sp³-hybridized carbons (Fsp3) is 0.571. The van der Waals surface area contributed by atoms with Gasteiger partial charge in [0.05, 0.1) is 0 Å². The number of hydrogen-bond donors (Lipinski definition) is 1. The summed E-state index contributed by atoms with van der Waals surface area (Å²) in [5.74, 6) is 0. The van der Waals surface area contributed by atoms with Crippen LogP contribution < -0.4 is 5.73 Å². The van der Waals surface area contributed by atoms with E-state index in [0.717, 1.165) is 13.0 Å². The molecule has 0 saturated carbocycles. The van der Waals surface area contributed by atoms with Crippen molar-refractivity contribution in [1.29, 1.82) is 0 Å². The zero-order valence-corrected chi connectivity index (χ0v) is 10.4. The van der Waals surface area contributed by atoms with Gasteiger partial charge in [0.1, 0.15) is 0 Å². The molecule has 0 bridgehead atoms. The lowest BCUT2D eigenvalue weighted by Crippen LogP contribution is -2.38. The monoisotopic (exact) mass is 205 g/mol. The molecule has 0 aromatic heterocycles. The first kappa shape index (κ1) is 12.3. The minimum absolute atomic E-state index is 0.160. The van der Waals surface area contributed by atoms with Crippen LogP contribution in [0.3, 0.4) is 0 Å². The normalized spacial score (nSPS) is 12.9. The van der Waals surface area contributed by atoms with Crippen molar-refractivity contribution in [3.8, 4) is 0 Å². The van der Waals surface area contributed by atoms with Crippen molar-refractivity contribution in [1.82, 2.24) is 0 Å². The van der Waals surface area contributed by atoms with Gasteiger partial charge in [0.25, 0.3) is 0 Å². The van der Waals surface area contributed by atoms with Crippen LogP contribution in [0.5, 0.6) is 0 Å². The van der Waals surface area contributed by atoms with Gasteiger partial charge >= 0.3 is 0 Å². The minimum Gasteiger partial charge on any atom is -0.330 e. The van der Waals surface area contributed by atoms with Crippen LogP contribution in [0.25, 0.3) is 0 Å². The first-order valence-electron chi connectivity index (χ1n) is 5.67. The first-order valence-corrected chi connectivity index (χ1v) is 5.67. The summed E-state index contributed by atoms with van der Waals surface area (Å²) in [6.07, 6.45) is 1.05. The molecular weight excluding hydrogens is 182 g/mol. The molecule has 0 heterocycles. The fourth-order valence-electron chi connectivity index (χ4n) is 1.92. The highest BCUT2D eigenvalue weighted by Crippen LogP contribution is 2.43. The summed E-state index contributed by atoms with van der Waals surface area (Å²) in [7, 11) is 0. The van der Waals surface area contributed by atoms with E-state index in [2.05, 4.69) is 58.0 Å². The summed E-state index contributed by atoms with van der Waals surface area (Å²) < 4.78 is 0. The zero-order valence-electron chi connectivity index (χ0n) is 10.4. The third-order valence-corrected chi connectivity index (χ3v) is 3.96. The van der Waals surface area contributed by atoms with Gasteiger partial charge in [-0.1, -0.05) is 58.0 Å². The Balaban J connectivity index is 3.01. The van der Waals surface area contributed by atoms with Crippen LogP contribution in [0.2, 0.25) is 0 Å². The van der Waals surface area contributed by atoms with Gasteiger partial charge in [-0.15, -0.1) is 0 Å². The lowest BCUT2D eigenvalue weighted by molar-refractivity contribution is 0.184. The Kier molecular flexibility index (Phi) is 3.56. The van der Waals surface area contributed by atoms with Crippen LogP contribution in [-0.2, 0) is 5.41 Å². The maximum absolute atomic E-state index is 5.69. The first-order chi connectivity index (χ1) is 6.92. The van der Waals surface area contributed by atoms with Crippen LogP contribution in [0.15, 0.2) is 30.3 Å². The summed E-state index contributed by atoms with van der Waals surface area (Å²) >= 11 is 0. The van der Waals surface area contributed by atoms with Crippen molar-refractivity contribution in [2.75, 3.05) is 6.54 Å². The molecular formula is C14H23N. The molecule has 1 nitrogen and oxygen atoms in total. The second-order valence-electron chi connectivity index (χ2n) is 5.41. The third-order valence-electron chi connectivity index (χ3n) is 3.96. The molecule has 1 heteroatoms. The Morgan fingerprint density at radius 1 is 1.00 bits per heavy atom. The summed E-state index contributed by atoms with van der Waals surface area (Å²) in [4.78, 5) is 0. The summed E-state index contributed by atoms with van der Waals surface area (Å²) in [6.45, 7) is 9.96. The molecule has 0 aliphatic rings. The fourth-order valence-corrected chi connectivity index (χ4v) is 1.92. The maximum atomic E-state index is 5.69. The van der Waals surface area contributed by atoms with Crippen LogP contribution in [-0.4, -0.2) is 6.54 Å². The Morgan fingerprint density at radius 3 is 2.00 bits per heavy atom. The molecule has 0 aliphatic carbocycles. The Labute approximate surface area is 93.7 Å². The maximum Gasteiger partial charge on any atom is -0.00520 e. The van der Waals surface area contributed by atoms with Gasteiger partial charge in [-0.3, -0.25) is 0 Å². The van der Waals surface area contributed by atoms with Crippen molar-refractivity contribution in [2.24, 2.45) is 11.1 Å². The van der Waals surface area contributed by atoms with Gasteiger partial charge < -0.3 is 5.73 Å². The van der Waals surface area contributed by atoms with Crippen molar-refractivity contribution in [3.63, 3.8) is 0 Å². The van der Waals surface area contributed by atoms with E-state index in [1.54, 1.807) is 0 Å². The Morgan fingerprint density at radius 2 is 1.53 bits per heavy atom. The molecule has 0 radical (unpaired) electrons. The van der Waals surface area contributed by atoms with E-state index < -0.39 is 0 Å². The van der Waals surface area contributed by atoms with Crippen LogP contribution in [0, 0.1) is 5.41 Å². The second-order valence-corrected chi connectivity index (χ2v) is 5.41. The van der Waals surface area contributed by atoms with Gasteiger partial charge in [-0.25, -0.2) is 0 Å². The summed E-state index contributed by atoms with van der Waals surface area (Å²) in [6, 6.07) is 10.7. The molecule has 0 atom stereocenters. The highest BCUT2D eigenvalue weighted by atomic mass is 14.6. The molecule has 0 saturated heterocycles. The minimum atomic E-state index is 0.160. The molecule has 0 spiro atoms. The van der Waals surface area contributed by atoms with Gasteiger partial charge in [0, 0.05) is 0 Å². The predicted octanol–water partition coefficient (Wildman–Crippen LogP) is 3.34. The van der Waals surface area contributed by atoms with Gasteiger partial charge in [-0.05, 0) is 29.4 Å². The van der Waals surface area contributed by atoms with Crippen molar-refractivity contribution < 1.29 is 0 Å². The van der Waals surface area contributed by atoms with E-state index in [4.69, 9.17) is 5.73 Å². The van der Waals surface area contributed by atoms with Gasteiger partial charge in [0.15, 0.2) is 0 Å². The molecule has 0 unspecified atom stereocenters. The Bertz CT molecular complexity index is 298. The lowest BCUT2D eigenvalue weighted by Gasteiger charge is -2.42. The number of rotatable bonds is 4. The topological polar surface area (TPSA) is 26.0 Å². The SMILES string of the molecule is CC(C)(CCN)C(C)(C)c1ccccc1. The van der Waals surface area contributed by atoms with Crippen molar-refractivity contribution >= 4 is 0 Å². The van der Waals surface area contributed by atoms with Crippen LogP contribution in [0.4, 0.5) is 0 Å². The predicted molar refractivity (Wildman–Crippen MR) is 66.9 cm³/mol. The van der Waals surface area contributed by atoms with Gasteiger partial charge in [-0.2, -0.15) is 0 Å². The molecule has 2 N–H and O–H groups in total. The number of nitrogens with two attached hydrogens (primary N) is 1. The summed E-state index contributed by atoms with van der Waals surface area (Å²) in [5.41, 5.74) is 7.47. The molecule has 1 rings (SSSR count). The second kappa shape index (κ2) is 4.36. The smallest absolute Gasteiger partial charge is 0.00520 e. The standard InChI is InChI=1S/C14H23N/c1-13(2,10-11-15)14(3,4)12-8-6-5-7-9-12/h5-9H,10-11,15H2,1-4H3. The highest BCUT2D eigenvalue weighted by molar-refractivity contribution is 5.26. The number of hydrogen-bond acceptors (Lipinski definition) is 1. The van der Waals surface area contributed by atoms with E-state index in [-0.39, 0.29) is 10.8 Å². The zero-order chi connectivity index (χ0) is 11.5. The Hall–Kier alpha value is -0.820. The van der Waals surface area contributed by atoms with E-state index >= 15 is 0 Å². The molecule has 0 fully saturated rings. The van der Waals surface area contributed by atoms with E-state index in [9.17, 15) is 0 Å². The van der Waals surface area contributed by atoms with Crippen LogP contribution >= 0.6 is 0 Å². The number of benzene rings is 1. The lowest BCUT2D eigenvalue weighted by atomic mass is 9.63. The van der Waals surface area contributed by atoms with E-state index in [0.29, 0.717) is 0 Å². The molecule has 0 amide bonds. The molecule has 84 valence electrons. The molecule has 0 aliphatic heterocycles. The molecule has 1 aromatic rings. The van der Waals surface area contributed by atoms with Gasteiger partial charge in [0.2, 0.25) is 0 Å². The quantitative estimate of drug-likeness (QED) is 0.801. The summed E-state index contributed by atoms with van der Waals surface area (Å²) in [5, 5.41) is 0. The highest BCUT2D eigenvalue weighted by Gasteiger charge is 2.37. The van der Waals surface area contributed by atoms with E-state index in [1.807, 2.05) is 0 Å². The van der Waals surface area contributed by atoms with Crippen molar-refractivity contribution in [2.45, 2.75) is 39.5 Å². The molecule has 15 heavy (non-hydrogen) atoms. The largest absolute Gasteiger partial charge is 0.330 e. The van der Waals surface area contributed by atoms with Crippen LogP contribution in [0.1, 0.15) is 39.7 Å². The third kappa shape index (κ3) is 2.40. The van der Waals surface area contributed by atoms with Crippen molar-refractivity contribution in [3.05, 3.63) is 35.9 Å². The molecule has 1 aromatic carbocycles. The average Bonchev–Trinajstić information content (AvgIpc) is 2.19. The van der Waals surface area contributed by atoms with E-state index in [1.165, 1.54) is 5.56 Å².